The monoisotopic (exact) mass is 306 g/mol. The fourth-order valence-corrected chi connectivity index (χ4v) is 1.93. The summed E-state index contributed by atoms with van der Waals surface area (Å²) in [5, 5.41) is 14.2. The minimum atomic E-state index is -0.956. The van der Waals surface area contributed by atoms with Crippen LogP contribution in [0, 0.1) is 5.92 Å². The fourth-order valence-electron chi connectivity index (χ4n) is 1.93. The Kier molecular flexibility index (Phi) is 7.08. The summed E-state index contributed by atoms with van der Waals surface area (Å²) in [5.41, 5.74) is 1.04. The van der Waals surface area contributed by atoms with Gasteiger partial charge in [0, 0.05) is 25.1 Å². The standard InChI is InChI=1S/C16H22N2O4/c1-11(2)9-15(20)17-8-7-14(19)18-13-6-4-3-5-12(13)10-16(21)22/h3-6,11H,7-10H2,1-2H3,(H,17,20)(H,18,19)(H,21,22). The SMILES string of the molecule is CC(C)CC(=O)NCCC(=O)Nc1ccccc1CC(=O)O. The van der Waals surface area contributed by atoms with Crippen molar-refractivity contribution in [2.45, 2.75) is 33.1 Å². The Morgan fingerprint density at radius 3 is 2.45 bits per heavy atom. The van der Waals surface area contributed by atoms with Crippen LogP contribution in [0.25, 0.3) is 0 Å². The van der Waals surface area contributed by atoms with Gasteiger partial charge >= 0.3 is 5.97 Å². The lowest BCUT2D eigenvalue weighted by atomic mass is 10.1. The van der Waals surface area contributed by atoms with E-state index < -0.39 is 5.97 Å². The molecule has 0 aromatic heterocycles. The summed E-state index contributed by atoms with van der Waals surface area (Å²) in [6.07, 6.45) is 0.426. The molecule has 0 heterocycles. The molecule has 0 aliphatic heterocycles. The van der Waals surface area contributed by atoms with Crippen LogP contribution in [0.3, 0.4) is 0 Å². The third kappa shape index (κ3) is 6.88. The summed E-state index contributed by atoms with van der Waals surface area (Å²) in [4.78, 5) is 34.1. The van der Waals surface area contributed by atoms with Crippen molar-refractivity contribution in [3.8, 4) is 0 Å². The number of benzene rings is 1. The van der Waals surface area contributed by atoms with Crippen LogP contribution in [0.5, 0.6) is 0 Å². The molecule has 120 valence electrons. The third-order valence-corrected chi connectivity index (χ3v) is 2.90. The number of rotatable bonds is 8. The van der Waals surface area contributed by atoms with E-state index in [2.05, 4.69) is 10.6 Å². The van der Waals surface area contributed by atoms with E-state index in [4.69, 9.17) is 5.11 Å². The summed E-state index contributed by atoms with van der Waals surface area (Å²) in [6.45, 7) is 4.16. The van der Waals surface area contributed by atoms with Gasteiger partial charge in [0.05, 0.1) is 6.42 Å². The minimum absolute atomic E-state index is 0.0749. The zero-order chi connectivity index (χ0) is 16.5. The molecule has 0 unspecified atom stereocenters. The van der Waals surface area contributed by atoms with Crippen LogP contribution in [0.4, 0.5) is 5.69 Å². The van der Waals surface area contributed by atoms with E-state index in [9.17, 15) is 14.4 Å². The molecule has 0 saturated heterocycles. The van der Waals surface area contributed by atoms with E-state index in [1.54, 1.807) is 24.3 Å². The molecule has 1 rings (SSSR count). The normalized spacial score (nSPS) is 10.3. The molecule has 3 N–H and O–H groups in total. The number of carboxylic acid groups (broad SMARTS) is 1. The van der Waals surface area contributed by atoms with Gasteiger partial charge in [-0.1, -0.05) is 32.0 Å². The van der Waals surface area contributed by atoms with Gasteiger partial charge in [-0.05, 0) is 17.5 Å². The Hall–Kier alpha value is -2.37. The number of amides is 2. The van der Waals surface area contributed by atoms with E-state index in [1.165, 1.54) is 0 Å². The second-order valence-corrected chi connectivity index (χ2v) is 5.47. The predicted octanol–water partition coefficient (Wildman–Crippen LogP) is 1.80. The number of hydrogen-bond acceptors (Lipinski definition) is 3. The second kappa shape index (κ2) is 8.81. The molecule has 0 radical (unpaired) electrons. The van der Waals surface area contributed by atoms with Gasteiger partial charge in [-0.2, -0.15) is 0 Å². The van der Waals surface area contributed by atoms with Crippen molar-refractivity contribution < 1.29 is 19.5 Å². The molecule has 22 heavy (non-hydrogen) atoms. The largest absolute Gasteiger partial charge is 0.481 e. The summed E-state index contributed by atoms with van der Waals surface area (Å²) in [6, 6.07) is 6.77. The van der Waals surface area contributed by atoms with Gasteiger partial charge in [-0.15, -0.1) is 0 Å². The number of hydrogen-bond donors (Lipinski definition) is 3. The molecule has 0 saturated carbocycles. The van der Waals surface area contributed by atoms with Crippen LogP contribution in [-0.4, -0.2) is 29.4 Å². The maximum atomic E-state index is 11.8. The number of nitrogens with one attached hydrogen (secondary N) is 2. The van der Waals surface area contributed by atoms with Crippen LogP contribution in [0.2, 0.25) is 0 Å². The highest BCUT2D eigenvalue weighted by atomic mass is 16.4. The van der Waals surface area contributed by atoms with E-state index in [-0.39, 0.29) is 37.1 Å². The molecule has 2 amide bonds. The molecule has 1 aromatic carbocycles. The van der Waals surface area contributed by atoms with Crippen molar-refractivity contribution in [1.82, 2.24) is 5.32 Å². The molecule has 6 heteroatoms. The van der Waals surface area contributed by atoms with Gasteiger partial charge in [-0.25, -0.2) is 0 Å². The summed E-state index contributed by atoms with van der Waals surface area (Å²) >= 11 is 0. The van der Waals surface area contributed by atoms with Crippen molar-refractivity contribution in [2.24, 2.45) is 5.92 Å². The van der Waals surface area contributed by atoms with Crippen LogP contribution >= 0.6 is 0 Å². The summed E-state index contributed by atoms with van der Waals surface area (Å²) in [5.74, 6) is -1.02. The molecular formula is C16H22N2O4. The van der Waals surface area contributed by atoms with Crippen LogP contribution in [-0.2, 0) is 20.8 Å². The third-order valence-electron chi connectivity index (χ3n) is 2.90. The number of aliphatic carboxylic acids is 1. The Bertz CT molecular complexity index is 541. The van der Waals surface area contributed by atoms with Gasteiger partial charge in [0.1, 0.15) is 0 Å². The van der Waals surface area contributed by atoms with Gasteiger partial charge in [0.25, 0.3) is 0 Å². The highest BCUT2D eigenvalue weighted by molar-refractivity contribution is 5.92. The number of carbonyl (C=O) groups excluding carboxylic acids is 2. The predicted molar refractivity (Wildman–Crippen MR) is 83.5 cm³/mol. The maximum Gasteiger partial charge on any atom is 0.307 e. The molecule has 0 fully saturated rings. The molecule has 0 aliphatic carbocycles. The van der Waals surface area contributed by atoms with Crippen LogP contribution < -0.4 is 10.6 Å². The lowest BCUT2D eigenvalue weighted by Gasteiger charge is -2.10. The first-order chi connectivity index (χ1) is 10.4. The van der Waals surface area contributed by atoms with Crippen LogP contribution in [0.15, 0.2) is 24.3 Å². The highest BCUT2D eigenvalue weighted by Gasteiger charge is 2.10. The molecule has 0 bridgehead atoms. The highest BCUT2D eigenvalue weighted by Crippen LogP contribution is 2.15. The Morgan fingerprint density at radius 1 is 1.14 bits per heavy atom. The summed E-state index contributed by atoms with van der Waals surface area (Å²) in [7, 11) is 0. The minimum Gasteiger partial charge on any atom is -0.481 e. The number of carboxylic acids is 1. The van der Waals surface area contributed by atoms with Crippen molar-refractivity contribution in [2.75, 3.05) is 11.9 Å². The quantitative estimate of drug-likeness (QED) is 0.682. The van der Waals surface area contributed by atoms with Crippen molar-refractivity contribution in [1.29, 1.82) is 0 Å². The van der Waals surface area contributed by atoms with Crippen LogP contribution in [0.1, 0.15) is 32.3 Å². The first kappa shape index (κ1) is 17.7. The second-order valence-electron chi connectivity index (χ2n) is 5.47. The van der Waals surface area contributed by atoms with Gasteiger partial charge in [0.2, 0.25) is 11.8 Å². The molecule has 1 aromatic rings. The van der Waals surface area contributed by atoms with E-state index in [1.807, 2.05) is 13.8 Å². The Labute approximate surface area is 129 Å². The molecule has 0 aliphatic rings. The van der Waals surface area contributed by atoms with E-state index >= 15 is 0 Å². The first-order valence-corrected chi connectivity index (χ1v) is 7.24. The van der Waals surface area contributed by atoms with Crippen molar-refractivity contribution >= 4 is 23.5 Å². The van der Waals surface area contributed by atoms with Crippen molar-refractivity contribution in [3.05, 3.63) is 29.8 Å². The first-order valence-electron chi connectivity index (χ1n) is 7.24. The topological polar surface area (TPSA) is 95.5 Å². The number of carbonyl (C=O) groups is 3. The fraction of sp³-hybridized carbons (Fsp3) is 0.438. The smallest absolute Gasteiger partial charge is 0.307 e. The average molecular weight is 306 g/mol. The van der Waals surface area contributed by atoms with E-state index in [0.717, 1.165) is 0 Å². The Morgan fingerprint density at radius 2 is 1.82 bits per heavy atom. The number of anilines is 1. The number of para-hydroxylation sites is 1. The zero-order valence-electron chi connectivity index (χ0n) is 12.9. The van der Waals surface area contributed by atoms with Gasteiger partial charge in [-0.3, -0.25) is 14.4 Å². The molecule has 0 spiro atoms. The molecule has 6 nitrogen and oxygen atoms in total. The molecule has 0 atom stereocenters. The van der Waals surface area contributed by atoms with Crippen molar-refractivity contribution in [3.63, 3.8) is 0 Å². The summed E-state index contributed by atoms with van der Waals surface area (Å²) < 4.78 is 0. The lowest BCUT2D eigenvalue weighted by molar-refractivity contribution is -0.136. The van der Waals surface area contributed by atoms with Gasteiger partial charge in [0.15, 0.2) is 0 Å². The molecular weight excluding hydrogens is 284 g/mol. The Balaban J connectivity index is 2.45. The van der Waals surface area contributed by atoms with E-state index in [0.29, 0.717) is 17.7 Å². The lowest BCUT2D eigenvalue weighted by Crippen LogP contribution is -2.28. The van der Waals surface area contributed by atoms with Gasteiger partial charge < -0.3 is 15.7 Å². The maximum absolute atomic E-state index is 11.8. The zero-order valence-corrected chi connectivity index (χ0v) is 12.9. The average Bonchev–Trinajstić information content (AvgIpc) is 2.39.